The summed E-state index contributed by atoms with van der Waals surface area (Å²) in [5.41, 5.74) is 1.70. The molecule has 0 aliphatic heterocycles. The third-order valence-electron chi connectivity index (χ3n) is 2.51. The zero-order valence-electron chi connectivity index (χ0n) is 8.86. The summed E-state index contributed by atoms with van der Waals surface area (Å²) < 4.78 is 4.66. The number of ether oxygens (including phenoxy) is 1. The molecule has 2 rings (SSSR count). The minimum absolute atomic E-state index is 0.236. The Kier molecular flexibility index (Phi) is 3.19. The molecule has 0 fully saturated rings. The van der Waals surface area contributed by atoms with Gasteiger partial charge in [-0.25, -0.2) is 9.78 Å². The number of carbonyl (C=O) groups is 1. The van der Waals surface area contributed by atoms with Crippen LogP contribution in [-0.2, 0) is 4.74 Å². The van der Waals surface area contributed by atoms with E-state index in [1.54, 1.807) is 6.20 Å². The van der Waals surface area contributed by atoms with Crippen LogP contribution in [0, 0.1) is 0 Å². The van der Waals surface area contributed by atoms with Crippen LogP contribution >= 0.6 is 11.6 Å². The highest BCUT2D eigenvalue weighted by molar-refractivity contribution is 6.33. The molecule has 0 saturated carbocycles. The Morgan fingerprint density at radius 3 is 2.75 bits per heavy atom. The molecule has 0 atom stereocenters. The van der Waals surface area contributed by atoms with Crippen LogP contribution < -0.4 is 0 Å². The Balaban J connectivity index is 2.48. The van der Waals surface area contributed by atoms with Crippen LogP contribution in [0.25, 0.3) is 5.57 Å². The van der Waals surface area contributed by atoms with Gasteiger partial charge in [-0.05, 0) is 24.8 Å². The van der Waals surface area contributed by atoms with Crippen molar-refractivity contribution in [2.75, 3.05) is 7.11 Å². The normalized spacial score (nSPS) is 15.4. The largest absolute Gasteiger partial charge is 0.464 e. The smallest absolute Gasteiger partial charge is 0.358 e. The molecule has 0 saturated heterocycles. The van der Waals surface area contributed by atoms with Gasteiger partial charge in [-0.3, -0.25) is 4.98 Å². The molecule has 1 aliphatic rings. The van der Waals surface area contributed by atoms with Crippen molar-refractivity contribution in [1.82, 2.24) is 9.97 Å². The van der Waals surface area contributed by atoms with E-state index < -0.39 is 5.97 Å². The molecule has 0 unspecified atom stereocenters. The fourth-order valence-electron chi connectivity index (χ4n) is 1.76. The molecule has 0 spiro atoms. The van der Waals surface area contributed by atoms with Crippen LogP contribution in [0.1, 0.15) is 35.4 Å². The van der Waals surface area contributed by atoms with Gasteiger partial charge in [0, 0.05) is 17.4 Å². The van der Waals surface area contributed by atoms with Crippen LogP contribution in [0.15, 0.2) is 17.4 Å². The van der Waals surface area contributed by atoms with E-state index in [1.807, 2.05) is 0 Å². The lowest BCUT2D eigenvalue weighted by Gasteiger charge is -2.06. The summed E-state index contributed by atoms with van der Waals surface area (Å²) in [6.45, 7) is 0. The van der Waals surface area contributed by atoms with Gasteiger partial charge in [0.05, 0.1) is 7.11 Å². The summed E-state index contributed by atoms with van der Waals surface area (Å²) in [5, 5.41) is 0.769. The fraction of sp³-hybridized carbons (Fsp3) is 0.364. The first kappa shape index (κ1) is 11.1. The molecule has 0 radical (unpaired) electrons. The van der Waals surface area contributed by atoms with Crippen molar-refractivity contribution in [3.63, 3.8) is 0 Å². The standard InChI is InChI=1S/C11H11ClN2O2/c1-16-11(15)10-9(13-5-6-14-10)7-3-2-4-8(7)12/h5-6H,2-4H2,1H3. The quantitative estimate of drug-likeness (QED) is 0.743. The molecule has 1 aliphatic carbocycles. The molecular formula is C11H11ClN2O2. The van der Waals surface area contributed by atoms with Crippen molar-refractivity contribution in [2.45, 2.75) is 19.3 Å². The summed E-state index contributed by atoms with van der Waals surface area (Å²) in [5.74, 6) is -0.480. The zero-order chi connectivity index (χ0) is 11.5. The van der Waals surface area contributed by atoms with Gasteiger partial charge in [-0.1, -0.05) is 11.6 Å². The molecule has 0 bridgehead atoms. The Bertz CT molecular complexity index is 457. The number of methoxy groups -OCH3 is 1. The summed E-state index contributed by atoms with van der Waals surface area (Å²) in [7, 11) is 1.32. The van der Waals surface area contributed by atoms with Gasteiger partial charge >= 0.3 is 5.97 Å². The number of esters is 1. The molecule has 5 heteroatoms. The highest BCUT2D eigenvalue weighted by Gasteiger charge is 2.22. The van der Waals surface area contributed by atoms with Gasteiger partial charge in [0.15, 0.2) is 5.69 Å². The van der Waals surface area contributed by atoms with Crippen molar-refractivity contribution < 1.29 is 9.53 Å². The van der Waals surface area contributed by atoms with E-state index in [4.69, 9.17) is 11.6 Å². The second-order valence-electron chi connectivity index (χ2n) is 3.48. The van der Waals surface area contributed by atoms with E-state index in [9.17, 15) is 4.79 Å². The molecule has 84 valence electrons. The maximum Gasteiger partial charge on any atom is 0.358 e. The second-order valence-corrected chi connectivity index (χ2v) is 3.94. The highest BCUT2D eigenvalue weighted by atomic mass is 35.5. The third kappa shape index (κ3) is 1.93. The lowest BCUT2D eigenvalue weighted by molar-refractivity contribution is 0.0593. The maximum absolute atomic E-state index is 11.5. The maximum atomic E-state index is 11.5. The summed E-state index contributed by atoms with van der Waals surface area (Å²) in [4.78, 5) is 19.7. The first-order valence-electron chi connectivity index (χ1n) is 5.01. The van der Waals surface area contributed by atoms with Crippen molar-refractivity contribution in [3.8, 4) is 0 Å². The molecule has 0 amide bonds. The van der Waals surface area contributed by atoms with E-state index in [-0.39, 0.29) is 5.69 Å². The molecule has 4 nitrogen and oxygen atoms in total. The molecule has 0 aromatic carbocycles. The summed E-state index contributed by atoms with van der Waals surface area (Å²) in [6.07, 6.45) is 5.69. The number of hydrogen-bond acceptors (Lipinski definition) is 4. The predicted octanol–water partition coefficient (Wildman–Crippen LogP) is 2.40. The number of carbonyl (C=O) groups excluding carboxylic acids is 1. The first-order chi connectivity index (χ1) is 7.74. The Labute approximate surface area is 98.3 Å². The van der Waals surface area contributed by atoms with Crippen molar-refractivity contribution >= 4 is 23.1 Å². The van der Waals surface area contributed by atoms with Crippen LogP contribution in [0.5, 0.6) is 0 Å². The van der Waals surface area contributed by atoms with Gasteiger partial charge < -0.3 is 4.74 Å². The zero-order valence-corrected chi connectivity index (χ0v) is 9.62. The van der Waals surface area contributed by atoms with Gasteiger partial charge in [-0.15, -0.1) is 0 Å². The average molecular weight is 239 g/mol. The number of nitrogens with zero attached hydrogens (tertiary/aromatic N) is 2. The van der Waals surface area contributed by atoms with Gasteiger partial charge in [0.25, 0.3) is 0 Å². The fourth-order valence-corrected chi connectivity index (χ4v) is 2.08. The molecule has 1 aromatic rings. The Hall–Kier alpha value is -1.42. The van der Waals surface area contributed by atoms with Crippen LogP contribution in [0.2, 0.25) is 0 Å². The second kappa shape index (κ2) is 4.61. The minimum atomic E-state index is -0.480. The van der Waals surface area contributed by atoms with Gasteiger partial charge in [0.2, 0.25) is 0 Å². The van der Waals surface area contributed by atoms with Gasteiger partial charge in [0.1, 0.15) is 5.69 Å². The highest BCUT2D eigenvalue weighted by Crippen LogP contribution is 2.35. The molecule has 16 heavy (non-hydrogen) atoms. The van der Waals surface area contributed by atoms with Crippen LogP contribution in [-0.4, -0.2) is 23.0 Å². The lowest BCUT2D eigenvalue weighted by Crippen LogP contribution is -2.09. The Morgan fingerprint density at radius 1 is 1.38 bits per heavy atom. The van der Waals surface area contributed by atoms with E-state index >= 15 is 0 Å². The Morgan fingerprint density at radius 2 is 2.12 bits per heavy atom. The van der Waals surface area contributed by atoms with Crippen LogP contribution in [0.3, 0.4) is 0 Å². The number of allylic oxidation sites excluding steroid dienone is 2. The van der Waals surface area contributed by atoms with E-state index in [2.05, 4.69) is 14.7 Å². The van der Waals surface area contributed by atoms with E-state index in [1.165, 1.54) is 13.3 Å². The molecule has 1 aromatic heterocycles. The SMILES string of the molecule is COC(=O)c1nccnc1C1=C(Cl)CCC1. The number of aromatic nitrogens is 2. The molecule has 1 heterocycles. The van der Waals surface area contributed by atoms with Crippen molar-refractivity contribution in [3.05, 3.63) is 28.8 Å². The van der Waals surface area contributed by atoms with Crippen LogP contribution in [0.4, 0.5) is 0 Å². The molecular weight excluding hydrogens is 228 g/mol. The van der Waals surface area contributed by atoms with Crippen molar-refractivity contribution in [1.29, 1.82) is 0 Å². The van der Waals surface area contributed by atoms with E-state index in [0.717, 1.165) is 29.9 Å². The van der Waals surface area contributed by atoms with Gasteiger partial charge in [-0.2, -0.15) is 0 Å². The molecule has 0 N–H and O–H groups in total. The minimum Gasteiger partial charge on any atom is -0.464 e. The van der Waals surface area contributed by atoms with E-state index in [0.29, 0.717) is 5.69 Å². The summed E-state index contributed by atoms with van der Waals surface area (Å²) in [6, 6.07) is 0. The number of hydrogen-bond donors (Lipinski definition) is 0. The number of halogens is 1. The van der Waals surface area contributed by atoms with Crippen molar-refractivity contribution in [2.24, 2.45) is 0 Å². The average Bonchev–Trinajstić information content (AvgIpc) is 2.74. The topological polar surface area (TPSA) is 52.1 Å². The number of rotatable bonds is 2. The predicted molar refractivity (Wildman–Crippen MR) is 60.0 cm³/mol. The summed E-state index contributed by atoms with van der Waals surface area (Å²) >= 11 is 6.09. The third-order valence-corrected chi connectivity index (χ3v) is 2.93. The monoisotopic (exact) mass is 238 g/mol. The first-order valence-corrected chi connectivity index (χ1v) is 5.39. The lowest BCUT2D eigenvalue weighted by atomic mass is 10.1.